The van der Waals surface area contributed by atoms with Crippen LogP contribution >= 0.6 is 0 Å². The van der Waals surface area contributed by atoms with Crippen molar-refractivity contribution >= 4 is 11.9 Å². The third-order valence-corrected chi connectivity index (χ3v) is 3.30. The molecule has 0 bridgehead atoms. The number of aliphatic hydroxyl groups is 1. The number of hydrogen-bond donors (Lipinski definition) is 3. The van der Waals surface area contributed by atoms with Gasteiger partial charge in [0.1, 0.15) is 0 Å². The van der Waals surface area contributed by atoms with E-state index in [-0.39, 0.29) is 29.6 Å². The van der Waals surface area contributed by atoms with E-state index in [1.165, 1.54) is 0 Å². The second-order valence-corrected chi connectivity index (χ2v) is 5.08. The van der Waals surface area contributed by atoms with Crippen molar-refractivity contribution in [2.24, 2.45) is 5.92 Å². The van der Waals surface area contributed by atoms with E-state index in [2.05, 4.69) is 5.32 Å². The van der Waals surface area contributed by atoms with Crippen LogP contribution in [0.4, 0.5) is 0 Å². The number of aromatic carboxylic acids is 1. The number of carbonyl (C=O) groups excluding carboxylic acids is 1. The van der Waals surface area contributed by atoms with Gasteiger partial charge in [-0.1, -0.05) is 19.1 Å². The molecule has 20 heavy (non-hydrogen) atoms. The van der Waals surface area contributed by atoms with Gasteiger partial charge in [0, 0.05) is 13.2 Å². The van der Waals surface area contributed by atoms with Crippen LogP contribution in [0.3, 0.4) is 0 Å². The molecule has 0 aliphatic rings. The van der Waals surface area contributed by atoms with Crippen molar-refractivity contribution in [2.45, 2.75) is 27.2 Å². The standard InChI is InChI=1S/C15H21NO4/c1-9(6-7-17)8-16-14(18)12-10(2)4-5-11(3)13(12)15(19)20/h4-5,9,17H,6-8H2,1-3H3,(H,16,18)(H,19,20). The van der Waals surface area contributed by atoms with Crippen molar-refractivity contribution in [3.05, 3.63) is 34.4 Å². The Hall–Kier alpha value is -1.88. The first-order valence-corrected chi connectivity index (χ1v) is 6.61. The van der Waals surface area contributed by atoms with Crippen LogP contribution in [-0.2, 0) is 0 Å². The molecule has 1 aromatic rings. The van der Waals surface area contributed by atoms with Crippen molar-refractivity contribution in [1.29, 1.82) is 0 Å². The first kappa shape index (κ1) is 16.2. The molecule has 1 unspecified atom stereocenters. The van der Waals surface area contributed by atoms with Gasteiger partial charge >= 0.3 is 5.97 Å². The van der Waals surface area contributed by atoms with E-state index in [0.717, 1.165) is 0 Å². The lowest BCUT2D eigenvalue weighted by atomic mass is 9.96. The molecule has 1 amide bonds. The van der Waals surface area contributed by atoms with E-state index in [4.69, 9.17) is 5.11 Å². The Labute approximate surface area is 118 Å². The Morgan fingerprint density at radius 2 is 1.75 bits per heavy atom. The average molecular weight is 279 g/mol. The molecule has 1 aromatic carbocycles. The molecule has 0 aromatic heterocycles. The zero-order valence-corrected chi connectivity index (χ0v) is 12.1. The molecule has 0 fully saturated rings. The molecule has 5 nitrogen and oxygen atoms in total. The van der Waals surface area contributed by atoms with Crippen LogP contribution in [0.15, 0.2) is 12.1 Å². The molecular weight excluding hydrogens is 258 g/mol. The van der Waals surface area contributed by atoms with Crippen LogP contribution in [-0.4, -0.2) is 35.2 Å². The molecular formula is C15H21NO4. The van der Waals surface area contributed by atoms with Crippen LogP contribution in [0, 0.1) is 19.8 Å². The topological polar surface area (TPSA) is 86.6 Å². The number of nitrogens with one attached hydrogen (secondary N) is 1. The first-order valence-electron chi connectivity index (χ1n) is 6.61. The van der Waals surface area contributed by atoms with Crippen molar-refractivity contribution in [1.82, 2.24) is 5.32 Å². The fourth-order valence-corrected chi connectivity index (χ4v) is 2.06. The van der Waals surface area contributed by atoms with Crippen molar-refractivity contribution in [2.75, 3.05) is 13.2 Å². The number of hydrogen-bond acceptors (Lipinski definition) is 3. The number of rotatable bonds is 6. The van der Waals surface area contributed by atoms with E-state index in [0.29, 0.717) is 24.1 Å². The molecule has 0 heterocycles. The molecule has 110 valence electrons. The normalized spacial score (nSPS) is 12.0. The van der Waals surface area contributed by atoms with Gasteiger partial charge < -0.3 is 15.5 Å². The SMILES string of the molecule is Cc1ccc(C)c(C(=O)NCC(C)CCO)c1C(=O)O. The Morgan fingerprint density at radius 1 is 1.20 bits per heavy atom. The average Bonchev–Trinajstić information content (AvgIpc) is 2.38. The van der Waals surface area contributed by atoms with Crippen LogP contribution < -0.4 is 5.32 Å². The zero-order chi connectivity index (χ0) is 15.3. The molecule has 0 saturated carbocycles. The summed E-state index contributed by atoms with van der Waals surface area (Å²) in [5.74, 6) is -1.34. The van der Waals surface area contributed by atoms with Crippen molar-refractivity contribution < 1.29 is 19.8 Å². The fraction of sp³-hybridized carbons (Fsp3) is 0.467. The summed E-state index contributed by atoms with van der Waals surface area (Å²) in [7, 11) is 0. The van der Waals surface area contributed by atoms with Gasteiger partial charge in [0.25, 0.3) is 5.91 Å². The Morgan fingerprint density at radius 3 is 2.25 bits per heavy atom. The van der Waals surface area contributed by atoms with E-state index < -0.39 is 5.97 Å². The van der Waals surface area contributed by atoms with Gasteiger partial charge in [0.2, 0.25) is 0 Å². The van der Waals surface area contributed by atoms with E-state index in [9.17, 15) is 14.7 Å². The highest BCUT2D eigenvalue weighted by Crippen LogP contribution is 2.19. The number of carboxylic acids is 1. The number of aryl methyl sites for hydroxylation is 2. The number of benzene rings is 1. The highest BCUT2D eigenvalue weighted by Gasteiger charge is 2.21. The summed E-state index contributed by atoms with van der Waals surface area (Å²) in [6.07, 6.45) is 0.596. The molecule has 3 N–H and O–H groups in total. The lowest BCUT2D eigenvalue weighted by molar-refractivity contribution is 0.0690. The van der Waals surface area contributed by atoms with Gasteiger partial charge in [0.05, 0.1) is 11.1 Å². The van der Waals surface area contributed by atoms with Crippen molar-refractivity contribution in [3.63, 3.8) is 0 Å². The molecule has 0 saturated heterocycles. The van der Waals surface area contributed by atoms with Crippen LogP contribution in [0.5, 0.6) is 0 Å². The fourth-order valence-electron chi connectivity index (χ4n) is 2.06. The Balaban J connectivity index is 2.98. The summed E-state index contributed by atoms with van der Waals surface area (Å²) in [6, 6.07) is 3.44. The number of carbonyl (C=O) groups is 2. The summed E-state index contributed by atoms with van der Waals surface area (Å²) in [6.45, 7) is 5.79. The van der Waals surface area contributed by atoms with Crippen LogP contribution in [0.25, 0.3) is 0 Å². The maximum Gasteiger partial charge on any atom is 0.336 e. The highest BCUT2D eigenvalue weighted by atomic mass is 16.4. The van der Waals surface area contributed by atoms with Gasteiger partial charge in [-0.25, -0.2) is 4.79 Å². The molecule has 1 rings (SSSR count). The second kappa shape index (κ2) is 7.05. The van der Waals surface area contributed by atoms with Gasteiger partial charge in [-0.3, -0.25) is 4.79 Å². The number of amides is 1. The maximum atomic E-state index is 12.2. The summed E-state index contributed by atoms with van der Waals surface area (Å²) in [4.78, 5) is 23.5. The number of aliphatic hydroxyl groups excluding tert-OH is 1. The van der Waals surface area contributed by atoms with Crippen LogP contribution in [0.2, 0.25) is 0 Å². The van der Waals surface area contributed by atoms with Crippen molar-refractivity contribution in [3.8, 4) is 0 Å². The quantitative estimate of drug-likeness (QED) is 0.740. The summed E-state index contributed by atoms with van der Waals surface area (Å²) in [5, 5.41) is 20.8. The summed E-state index contributed by atoms with van der Waals surface area (Å²) >= 11 is 0. The van der Waals surface area contributed by atoms with Crippen LogP contribution in [0.1, 0.15) is 45.2 Å². The van der Waals surface area contributed by atoms with E-state index in [1.54, 1.807) is 26.0 Å². The third kappa shape index (κ3) is 3.81. The molecule has 0 radical (unpaired) electrons. The zero-order valence-electron chi connectivity index (χ0n) is 12.1. The predicted octanol–water partition coefficient (Wildman–Crippen LogP) is 1.75. The minimum Gasteiger partial charge on any atom is -0.478 e. The smallest absolute Gasteiger partial charge is 0.336 e. The minimum absolute atomic E-state index is 0.0531. The number of carboxylic acid groups (broad SMARTS) is 1. The lowest BCUT2D eigenvalue weighted by Gasteiger charge is -2.15. The largest absolute Gasteiger partial charge is 0.478 e. The Kier molecular flexibility index (Phi) is 5.70. The minimum atomic E-state index is -1.10. The molecule has 0 aliphatic heterocycles. The predicted molar refractivity (Wildman–Crippen MR) is 76.1 cm³/mol. The second-order valence-electron chi connectivity index (χ2n) is 5.08. The maximum absolute atomic E-state index is 12.2. The highest BCUT2D eigenvalue weighted by molar-refractivity contribution is 6.06. The molecule has 5 heteroatoms. The monoisotopic (exact) mass is 279 g/mol. The lowest BCUT2D eigenvalue weighted by Crippen LogP contribution is -2.31. The third-order valence-electron chi connectivity index (χ3n) is 3.30. The van der Waals surface area contributed by atoms with E-state index >= 15 is 0 Å². The van der Waals surface area contributed by atoms with Gasteiger partial charge in [0.15, 0.2) is 0 Å². The Bertz CT molecular complexity index is 511. The summed E-state index contributed by atoms with van der Waals surface area (Å²) < 4.78 is 0. The van der Waals surface area contributed by atoms with Gasteiger partial charge in [-0.2, -0.15) is 0 Å². The first-order chi connectivity index (χ1) is 9.38. The molecule has 1 atom stereocenters. The van der Waals surface area contributed by atoms with Gasteiger partial charge in [-0.05, 0) is 37.3 Å². The van der Waals surface area contributed by atoms with Gasteiger partial charge in [-0.15, -0.1) is 0 Å². The van der Waals surface area contributed by atoms with E-state index in [1.807, 2.05) is 6.92 Å². The molecule has 0 aliphatic carbocycles. The summed E-state index contributed by atoms with van der Waals surface area (Å²) in [5.41, 5.74) is 1.47. The molecule has 0 spiro atoms.